The van der Waals surface area contributed by atoms with E-state index in [1.807, 2.05) is 159 Å². The van der Waals surface area contributed by atoms with Gasteiger partial charge in [-0.15, -0.1) is 42.4 Å². The minimum atomic E-state index is -2.23. The number of hydrogen-bond acceptors (Lipinski definition) is 5. The molecule has 0 aliphatic carbocycles. The molecule has 1 aliphatic heterocycles. The number of rotatable bonds is 9. The standard InChI is InChI=1S/C62H47F5N5O.Pt/c1-61(2,3)38-30-31-68-53(32-38)72-49-25-14-13-22-45(49)46-29-28-43(36-52(46)72)73-44-34-41(33-42(35-44)71(39-18-9-7-10-19-39)40-20-11-8-12-21-40)69-37-70(51-27-16-15-26-50(51)69)60-47(23-17-24-48(60)62(4,5)6)54-55(63)57(65)59(67)58(66)56(54)64;/h7-33,35,37H,1-6H3;/q-3;. The number of halogens is 5. The maximum Gasteiger partial charge on any atom is 0.200 e. The van der Waals surface area contributed by atoms with Crippen LogP contribution in [0.2, 0.25) is 0 Å². The molecule has 0 fully saturated rings. The Labute approximate surface area is 441 Å². The fraction of sp³-hybridized carbons (Fsp3) is 0.129. The third-order valence-electron chi connectivity index (χ3n) is 13.2. The van der Waals surface area contributed by atoms with Crippen LogP contribution < -0.4 is 19.4 Å². The van der Waals surface area contributed by atoms with Crippen molar-refractivity contribution in [3.05, 3.63) is 229 Å². The molecule has 2 aromatic heterocycles. The number of para-hydroxylation sites is 6. The second-order valence-corrected chi connectivity index (χ2v) is 20.0. The van der Waals surface area contributed by atoms with Crippen molar-refractivity contribution in [3.8, 4) is 28.4 Å². The number of pyridine rings is 1. The summed E-state index contributed by atoms with van der Waals surface area (Å²) >= 11 is 0. The van der Waals surface area contributed by atoms with Crippen molar-refractivity contribution < 1.29 is 47.8 Å². The molecule has 74 heavy (non-hydrogen) atoms. The topological polar surface area (TPSA) is 36.8 Å². The van der Waals surface area contributed by atoms with Crippen LogP contribution in [0, 0.1) is 47.9 Å². The van der Waals surface area contributed by atoms with Crippen LogP contribution >= 0.6 is 0 Å². The third-order valence-corrected chi connectivity index (χ3v) is 13.2. The molecule has 3 heterocycles. The largest absolute Gasteiger partial charge is 0.509 e. The maximum absolute atomic E-state index is 16.0. The normalized spacial score (nSPS) is 12.6. The first-order valence-electron chi connectivity index (χ1n) is 23.8. The Morgan fingerprint density at radius 1 is 0.541 bits per heavy atom. The Morgan fingerprint density at radius 2 is 1.15 bits per heavy atom. The molecule has 0 saturated carbocycles. The summed E-state index contributed by atoms with van der Waals surface area (Å²) in [7, 11) is 0. The Morgan fingerprint density at radius 3 is 1.80 bits per heavy atom. The van der Waals surface area contributed by atoms with E-state index in [1.165, 1.54) is 6.07 Å². The third kappa shape index (κ3) is 8.76. The molecule has 0 spiro atoms. The molecular weight excluding hydrogens is 1120 g/mol. The van der Waals surface area contributed by atoms with Crippen LogP contribution in [0.15, 0.2) is 170 Å². The van der Waals surface area contributed by atoms with Gasteiger partial charge in [-0.2, -0.15) is 6.07 Å². The van der Waals surface area contributed by atoms with Gasteiger partial charge >= 0.3 is 0 Å². The molecule has 0 bridgehead atoms. The van der Waals surface area contributed by atoms with E-state index < -0.39 is 40.1 Å². The van der Waals surface area contributed by atoms with Gasteiger partial charge in [0.05, 0.1) is 5.56 Å². The van der Waals surface area contributed by atoms with Gasteiger partial charge in [-0.1, -0.05) is 143 Å². The van der Waals surface area contributed by atoms with Gasteiger partial charge in [-0.05, 0) is 81.9 Å². The molecule has 11 rings (SSSR count). The first kappa shape index (κ1) is 49.8. The van der Waals surface area contributed by atoms with Gasteiger partial charge in [0.2, 0.25) is 5.82 Å². The van der Waals surface area contributed by atoms with Crippen molar-refractivity contribution in [3.63, 3.8) is 0 Å². The van der Waals surface area contributed by atoms with E-state index in [2.05, 4.69) is 60.6 Å². The molecule has 0 saturated heterocycles. The first-order valence-corrected chi connectivity index (χ1v) is 23.8. The fourth-order valence-electron chi connectivity index (χ4n) is 9.66. The zero-order valence-electron chi connectivity index (χ0n) is 41.1. The van der Waals surface area contributed by atoms with Crippen LogP contribution in [-0.4, -0.2) is 9.55 Å². The van der Waals surface area contributed by atoms with E-state index in [9.17, 15) is 4.39 Å². The van der Waals surface area contributed by atoms with Crippen LogP contribution in [0.25, 0.3) is 38.8 Å². The average Bonchev–Trinajstić information content (AvgIpc) is 3.94. The predicted octanol–water partition coefficient (Wildman–Crippen LogP) is 17.4. The van der Waals surface area contributed by atoms with Gasteiger partial charge in [0.25, 0.3) is 0 Å². The minimum Gasteiger partial charge on any atom is -0.509 e. The Balaban J connectivity index is 0.00000626. The number of benzene rings is 8. The molecule has 6 nitrogen and oxygen atoms in total. The van der Waals surface area contributed by atoms with Gasteiger partial charge in [0.1, 0.15) is 5.82 Å². The zero-order chi connectivity index (χ0) is 50.9. The molecule has 0 amide bonds. The smallest absolute Gasteiger partial charge is 0.200 e. The van der Waals surface area contributed by atoms with Gasteiger partial charge in [0, 0.05) is 78.3 Å². The molecule has 10 aromatic rings. The Bertz CT molecular complexity index is 3690. The van der Waals surface area contributed by atoms with E-state index in [-0.39, 0.29) is 37.7 Å². The fourth-order valence-corrected chi connectivity index (χ4v) is 9.66. The van der Waals surface area contributed by atoms with Gasteiger partial charge in [-0.3, -0.25) is 0 Å². The summed E-state index contributed by atoms with van der Waals surface area (Å²) in [6.45, 7) is 14.0. The van der Waals surface area contributed by atoms with Gasteiger partial charge in [0.15, 0.2) is 23.3 Å². The quantitative estimate of drug-likeness (QED) is 0.0623. The summed E-state index contributed by atoms with van der Waals surface area (Å²) < 4.78 is 85.6. The van der Waals surface area contributed by atoms with E-state index in [0.717, 1.165) is 44.6 Å². The number of aromatic nitrogens is 2. The number of anilines is 7. The Kier molecular flexibility index (Phi) is 13.0. The predicted molar refractivity (Wildman–Crippen MR) is 282 cm³/mol. The first-order chi connectivity index (χ1) is 35.1. The van der Waals surface area contributed by atoms with Gasteiger partial charge < -0.3 is 24.0 Å². The zero-order valence-corrected chi connectivity index (χ0v) is 43.4. The van der Waals surface area contributed by atoms with Gasteiger partial charge in [-0.25, -0.2) is 26.9 Å². The van der Waals surface area contributed by atoms with Crippen LogP contribution in [0.3, 0.4) is 0 Å². The summed E-state index contributed by atoms with van der Waals surface area (Å²) in [6, 6.07) is 59.2. The summed E-state index contributed by atoms with van der Waals surface area (Å²) in [6.07, 6.45) is 1.83. The minimum absolute atomic E-state index is 0. The second-order valence-electron chi connectivity index (χ2n) is 20.0. The SMILES string of the molecule is CC(C)(C)c1ccnc(-n2c3[c-]c(Oc4[c-]c(N5[CH-]N(c6c(-c7c(F)c(F)c(F)c(F)c7F)cccc6C(C)(C)C)c6ccccc65)cc(N(c5ccccc5)c5ccccc5)c4)ccc3c3ccccc32)c1.[Pt]. The second kappa shape index (κ2) is 19.3. The van der Waals surface area contributed by atoms with Crippen molar-refractivity contribution in [2.75, 3.05) is 14.7 Å². The van der Waals surface area contributed by atoms with E-state index in [1.54, 1.807) is 23.7 Å². The summed E-state index contributed by atoms with van der Waals surface area (Å²) in [4.78, 5) is 10.6. The van der Waals surface area contributed by atoms with E-state index >= 15 is 17.6 Å². The van der Waals surface area contributed by atoms with Crippen molar-refractivity contribution in [1.82, 2.24) is 9.55 Å². The average molecular weight is 1170 g/mol. The number of fused-ring (bicyclic) bond motifs is 4. The molecule has 374 valence electrons. The number of hydrogen-bond donors (Lipinski definition) is 0. The number of ether oxygens (including phenoxy) is 1. The van der Waals surface area contributed by atoms with Crippen LogP contribution in [0.4, 0.5) is 61.8 Å². The van der Waals surface area contributed by atoms with E-state index in [0.29, 0.717) is 39.8 Å². The summed E-state index contributed by atoms with van der Waals surface area (Å²) in [5.41, 5.74) is 5.80. The number of nitrogens with zero attached hydrogens (tertiary/aromatic N) is 5. The molecule has 0 unspecified atom stereocenters. The molecule has 12 heteroatoms. The molecule has 8 aromatic carbocycles. The van der Waals surface area contributed by atoms with Crippen LogP contribution in [-0.2, 0) is 31.9 Å². The molecular formula is C62H47F5N5OPt-3. The Hall–Kier alpha value is -7.75. The van der Waals surface area contributed by atoms with Crippen molar-refractivity contribution in [2.24, 2.45) is 0 Å². The van der Waals surface area contributed by atoms with Crippen molar-refractivity contribution in [2.45, 2.75) is 52.4 Å². The molecule has 0 atom stereocenters. The molecule has 0 N–H and O–H groups in total. The van der Waals surface area contributed by atoms with Crippen LogP contribution in [0.1, 0.15) is 52.7 Å². The van der Waals surface area contributed by atoms with Crippen LogP contribution in [0.5, 0.6) is 11.5 Å². The molecule has 0 radical (unpaired) electrons. The van der Waals surface area contributed by atoms with Crippen molar-refractivity contribution >= 4 is 61.6 Å². The maximum atomic E-state index is 16.0. The summed E-state index contributed by atoms with van der Waals surface area (Å²) in [5, 5.41) is 2.00. The van der Waals surface area contributed by atoms with E-state index in [4.69, 9.17) is 9.72 Å². The van der Waals surface area contributed by atoms with Crippen molar-refractivity contribution in [1.29, 1.82) is 0 Å². The molecule has 1 aliphatic rings. The monoisotopic (exact) mass is 1170 g/mol. The summed E-state index contributed by atoms with van der Waals surface area (Å²) in [5.74, 6) is -8.66.